The molecule has 0 unspecified atom stereocenters. The summed E-state index contributed by atoms with van der Waals surface area (Å²) in [5, 5.41) is 30.6. The molecule has 4 rings (SSSR count). The largest absolute Gasteiger partial charge is 0.393 e. The minimum atomic E-state index is -1.61. The maximum atomic E-state index is 13.4. The van der Waals surface area contributed by atoms with E-state index in [1.54, 1.807) is 0 Å². The molecule has 0 aliphatic heterocycles. The van der Waals surface area contributed by atoms with Crippen LogP contribution in [-0.4, -0.2) is 48.4 Å². The number of hydrogen-bond acceptors (Lipinski definition) is 5. The van der Waals surface area contributed by atoms with Gasteiger partial charge in [0.05, 0.1) is 6.10 Å². The van der Waals surface area contributed by atoms with Crippen LogP contribution < -0.4 is 0 Å². The molecular weight excluding hydrogens is 486 g/mol. The van der Waals surface area contributed by atoms with Gasteiger partial charge in [-0.2, -0.15) is 0 Å². The average Bonchev–Trinajstić information content (AvgIpc) is 2.91. The fraction of sp³-hybridized carbons (Fsp3) is 0.909. The van der Waals surface area contributed by atoms with Gasteiger partial charge >= 0.3 is 0 Å². The van der Waals surface area contributed by atoms with Crippen LogP contribution in [0.25, 0.3) is 0 Å². The van der Waals surface area contributed by atoms with Crippen LogP contribution in [0.3, 0.4) is 0 Å². The standard InChI is InChI=1S/C21H32O5.CCl4/c1-19-7-5-13(23)9-12(19)3-4-14-15-6-8-21(26,17(25)11-22)20(15,2)10-16(24)18(14)19;2-1(3,4)5/h12-15,18,22-23,26H,3-11H2,1-2H3;/t12-,13-,14+,15+,18-,19+,20+,21+;/m1./s1. The molecule has 0 amide bonds. The Morgan fingerprint density at radius 3 is 2.29 bits per heavy atom. The number of rotatable bonds is 2. The molecule has 8 atom stereocenters. The Balaban J connectivity index is 0.000000491. The van der Waals surface area contributed by atoms with E-state index in [-0.39, 0.29) is 41.5 Å². The number of aliphatic hydroxyl groups is 3. The number of alkyl halides is 4. The summed E-state index contributed by atoms with van der Waals surface area (Å²) in [6.45, 7) is 3.46. The summed E-state index contributed by atoms with van der Waals surface area (Å²) in [5.74, 6) is 0.380. The number of fused-ring (bicyclic) bond motifs is 5. The number of aliphatic hydroxyl groups excluding tert-OH is 2. The molecule has 0 radical (unpaired) electrons. The Labute approximate surface area is 203 Å². The molecule has 3 N–H and O–H groups in total. The molecule has 5 nitrogen and oxygen atoms in total. The maximum absolute atomic E-state index is 13.4. The van der Waals surface area contributed by atoms with Crippen molar-refractivity contribution in [3.63, 3.8) is 0 Å². The highest BCUT2D eigenvalue weighted by Gasteiger charge is 2.68. The molecule has 0 heterocycles. The second kappa shape index (κ2) is 8.87. The van der Waals surface area contributed by atoms with E-state index < -0.39 is 26.7 Å². The minimum absolute atomic E-state index is 0.0154. The van der Waals surface area contributed by atoms with Gasteiger partial charge in [0, 0.05) is 17.8 Å². The Kier molecular flexibility index (Phi) is 7.44. The zero-order valence-corrected chi connectivity index (χ0v) is 20.9. The second-order valence-corrected chi connectivity index (χ2v) is 13.9. The zero-order chi connectivity index (χ0) is 23.4. The first kappa shape index (κ1) is 26.0. The Morgan fingerprint density at radius 1 is 1.10 bits per heavy atom. The van der Waals surface area contributed by atoms with E-state index in [0.717, 1.165) is 38.5 Å². The molecule has 0 aromatic carbocycles. The third kappa shape index (κ3) is 4.54. The van der Waals surface area contributed by atoms with Crippen molar-refractivity contribution >= 4 is 58.0 Å². The molecule has 0 spiro atoms. The van der Waals surface area contributed by atoms with Crippen molar-refractivity contribution in [1.82, 2.24) is 0 Å². The van der Waals surface area contributed by atoms with Gasteiger partial charge in [0.1, 0.15) is 18.0 Å². The van der Waals surface area contributed by atoms with Crippen molar-refractivity contribution in [3.05, 3.63) is 0 Å². The fourth-order valence-electron chi connectivity index (χ4n) is 7.64. The first-order valence-electron chi connectivity index (χ1n) is 11.0. The van der Waals surface area contributed by atoms with E-state index in [0.29, 0.717) is 12.3 Å². The van der Waals surface area contributed by atoms with Crippen LogP contribution in [-0.2, 0) is 9.59 Å². The summed E-state index contributed by atoms with van der Waals surface area (Å²) in [5.41, 5.74) is -2.40. The lowest BCUT2D eigenvalue weighted by Crippen LogP contribution is -2.62. The predicted molar refractivity (Wildman–Crippen MR) is 121 cm³/mol. The Bertz CT molecular complexity index is 721. The van der Waals surface area contributed by atoms with Crippen molar-refractivity contribution in [2.45, 2.75) is 80.2 Å². The van der Waals surface area contributed by atoms with Gasteiger partial charge < -0.3 is 15.3 Å². The van der Waals surface area contributed by atoms with Gasteiger partial charge in [0.25, 0.3) is 3.25 Å². The van der Waals surface area contributed by atoms with Gasteiger partial charge in [-0.15, -0.1) is 0 Å². The van der Waals surface area contributed by atoms with Gasteiger partial charge in [-0.1, -0.05) is 60.3 Å². The summed E-state index contributed by atoms with van der Waals surface area (Å²) in [6.07, 6.45) is 5.47. The Morgan fingerprint density at radius 2 is 1.71 bits per heavy atom. The SMILES string of the molecule is C[C@]12CC[C@@H](O)C[C@H]1CC[C@@H]1[C@@H]2C(=O)C[C@@]2(C)[C@H]1CC[C@]2(O)C(=O)CO.ClC(Cl)(Cl)Cl. The molecule has 4 saturated carbocycles. The Hall–Kier alpha value is 0.380. The van der Waals surface area contributed by atoms with Crippen LogP contribution in [0.4, 0.5) is 0 Å². The highest BCUT2D eigenvalue weighted by molar-refractivity contribution is 6.83. The first-order valence-corrected chi connectivity index (χ1v) is 12.5. The first-order chi connectivity index (χ1) is 14.2. The lowest BCUT2D eigenvalue weighted by Gasteiger charge is -2.60. The van der Waals surface area contributed by atoms with E-state index in [2.05, 4.69) is 6.92 Å². The quantitative estimate of drug-likeness (QED) is 0.471. The lowest BCUT2D eigenvalue weighted by atomic mass is 9.44. The predicted octanol–water partition coefficient (Wildman–Crippen LogP) is 4.41. The van der Waals surface area contributed by atoms with Crippen molar-refractivity contribution < 1.29 is 24.9 Å². The number of carbonyl (C=O) groups excluding carboxylic acids is 2. The van der Waals surface area contributed by atoms with Gasteiger partial charge in [0.2, 0.25) is 0 Å². The van der Waals surface area contributed by atoms with Crippen LogP contribution >= 0.6 is 46.4 Å². The van der Waals surface area contributed by atoms with Gasteiger partial charge in [-0.25, -0.2) is 0 Å². The molecule has 0 aromatic heterocycles. The van der Waals surface area contributed by atoms with Crippen LogP contribution in [0, 0.1) is 34.5 Å². The summed E-state index contributed by atoms with van der Waals surface area (Å²) in [4.78, 5) is 25.7. The van der Waals surface area contributed by atoms with E-state index >= 15 is 0 Å². The van der Waals surface area contributed by atoms with E-state index in [1.165, 1.54) is 0 Å². The number of ketones is 2. The van der Waals surface area contributed by atoms with Gasteiger partial charge in [-0.05, 0) is 68.1 Å². The average molecular weight is 518 g/mol. The van der Waals surface area contributed by atoms with Gasteiger partial charge in [-0.3, -0.25) is 9.59 Å². The van der Waals surface area contributed by atoms with Crippen molar-refractivity contribution in [2.24, 2.45) is 34.5 Å². The molecule has 4 aliphatic rings. The number of halogens is 4. The molecule has 0 saturated heterocycles. The zero-order valence-electron chi connectivity index (χ0n) is 17.9. The van der Waals surface area contributed by atoms with Crippen LogP contribution in [0.2, 0.25) is 0 Å². The molecule has 31 heavy (non-hydrogen) atoms. The topological polar surface area (TPSA) is 94.8 Å². The monoisotopic (exact) mass is 516 g/mol. The highest BCUT2D eigenvalue weighted by atomic mass is 35.6. The summed E-state index contributed by atoms with van der Waals surface area (Å²) >= 11 is 19.3. The van der Waals surface area contributed by atoms with Crippen LogP contribution in [0.15, 0.2) is 0 Å². The van der Waals surface area contributed by atoms with E-state index in [1.807, 2.05) is 6.92 Å². The van der Waals surface area contributed by atoms with Crippen molar-refractivity contribution in [1.29, 1.82) is 0 Å². The number of carbonyl (C=O) groups is 2. The molecule has 0 bridgehead atoms. The van der Waals surface area contributed by atoms with Crippen molar-refractivity contribution in [3.8, 4) is 0 Å². The number of hydrogen-bond donors (Lipinski definition) is 3. The smallest absolute Gasteiger partial charge is 0.266 e. The molecule has 9 heteroatoms. The third-order valence-corrected chi connectivity index (χ3v) is 9.08. The molecule has 0 aromatic rings. The normalized spacial score (nSPS) is 46.9. The summed E-state index contributed by atoms with van der Waals surface area (Å²) in [6, 6.07) is 0. The summed E-state index contributed by atoms with van der Waals surface area (Å²) in [7, 11) is 0. The molecular formula is C22H32Cl4O5. The maximum Gasteiger partial charge on any atom is 0.266 e. The van der Waals surface area contributed by atoms with Crippen molar-refractivity contribution in [2.75, 3.05) is 6.61 Å². The van der Waals surface area contributed by atoms with E-state index in [4.69, 9.17) is 46.4 Å². The summed E-state index contributed by atoms with van der Waals surface area (Å²) < 4.78 is -1.61. The van der Waals surface area contributed by atoms with E-state index in [9.17, 15) is 24.9 Å². The number of Topliss-reactive ketones (excluding diaryl/α,β-unsaturated/α-hetero) is 2. The fourth-order valence-corrected chi connectivity index (χ4v) is 7.64. The highest BCUT2D eigenvalue weighted by Crippen LogP contribution is 2.67. The molecule has 4 aliphatic carbocycles. The molecule has 178 valence electrons. The molecule has 4 fully saturated rings. The second-order valence-electron chi connectivity index (χ2n) is 10.4. The third-order valence-electron chi connectivity index (χ3n) is 9.08. The lowest BCUT2D eigenvalue weighted by molar-refractivity contribution is -0.180. The van der Waals surface area contributed by atoms with Crippen LogP contribution in [0.5, 0.6) is 0 Å². The minimum Gasteiger partial charge on any atom is -0.393 e. The van der Waals surface area contributed by atoms with Gasteiger partial charge in [0.15, 0.2) is 5.78 Å². The van der Waals surface area contributed by atoms with Crippen LogP contribution in [0.1, 0.15) is 65.2 Å².